The van der Waals surface area contributed by atoms with Crippen LogP contribution < -0.4 is 21.3 Å². The Labute approximate surface area is 138 Å². The van der Waals surface area contributed by atoms with E-state index in [9.17, 15) is 18.0 Å². The van der Waals surface area contributed by atoms with Crippen LogP contribution in [-0.2, 0) is 30.5 Å². The van der Waals surface area contributed by atoms with Gasteiger partial charge in [-0.05, 0) is 25.0 Å². The summed E-state index contributed by atoms with van der Waals surface area (Å²) in [7, 11) is -1.65. The van der Waals surface area contributed by atoms with Crippen molar-refractivity contribution in [2.24, 2.45) is 14.1 Å². The van der Waals surface area contributed by atoms with Crippen LogP contribution in [0.15, 0.2) is 38.8 Å². The van der Waals surface area contributed by atoms with Gasteiger partial charge in [-0.1, -0.05) is 18.2 Å². The maximum Gasteiger partial charge on any atom is 0.332 e. The maximum absolute atomic E-state index is 13.2. The van der Waals surface area contributed by atoms with Crippen LogP contribution in [0.3, 0.4) is 0 Å². The first-order chi connectivity index (χ1) is 11.2. The van der Waals surface area contributed by atoms with E-state index in [1.165, 1.54) is 18.4 Å². The highest BCUT2D eigenvalue weighted by Gasteiger charge is 2.39. The predicted molar refractivity (Wildman–Crippen MR) is 90.6 cm³/mol. The molecule has 0 radical (unpaired) electrons. The summed E-state index contributed by atoms with van der Waals surface area (Å²) < 4.78 is 29.3. The number of sulfonamides is 1. The number of benzene rings is 1. The number of nitrogens with two attached hydrogens (primary N) is 1. The molecule has 0 saturated carbocycles. The summed E-state index contributed by atoms with van der Waals surface area (Å²) in [6.07, 6.45) is 0.543. The zero-order valence-electron chi connectivity index (χ0n) is 13.6. The maximum atomic E-state index is 13.2. The van der Waals surface area contributed by atoms with Crippen LogP contribution in [-0.4, -0.2) is 23.6 Å². The summed E-state index contributed by atoms with van der Waals surface area (Å²) in [5, 5.41) is 0. The van der Waals surface area contributed by atoms with Crippen molar-refractivity contribution in [1.29, 1.82) is 0 Å². The van der Waals surface area contributed by atoms with Gasteiger partial charge in [0, 0.05) is 20.1 Å². The Kier molecular flexibility index (Phi) is 3.56. The smallest absolute Gasteiger partial charge is 0.332 e. The van der Waals surface area contributed by atoms with Crippen molar-refractivity contribution in [3.8, 4) is 0 Å². The molecule has 0 saturated heterocycles. The fraction of sp³-hybridized carbons (Fsp3) is 0.333. The number of anilines is 2. The average molecular weight is 350 g/mol. The van der Waals surface area contributed by atoms with Crippen molar-refractivity contribution in [1.82, 2.24) is 9.13 Å². The average Bonchev–Trinajstić information content (AvgIpc) is 2.87. The lowest BCUT2D eigenvalue weighted by molar-refractivity contribution is 0.576. The topological polar surface area (TPSA) is 107 Å². The Hall–Kier alpha value is -2.55. The molecule has 0 unspecified atom stereocenters. The minimum absolute atomic E-state index is 0.353. The van der Waals surface area contributed by atoms with Crippen molar-refractivity contribution >= 4 is 21.5 Å². The van der Waals surface area contributed by atoms with Crippen LogP contribution in [0.4, 0.5) is 11.5 Å². The van der Waals surface area contributed by atoms with E-state index in [0.29, 0.717) is 12.1 Å². The number of fused-ring (bicyclic) bond motifs is 1. The Morgan fingerprint density at radius 2 is 1.75 bits per heavy atom. The van der Waals surface area contributed by atoms with E-state index >= 15 is 0 Å². The number of nitrogen functional groups attached to an aromatic ring is 1. The molecule has 0 bridgehead atoms. The van der Waals surface area contributed by atoms with Crippen molar-refractivity contribution in [2.75, 3.05) is 10.0 Å². The molecule has 1 atom stereocenters. The Morgan fingerprint density at radius 3 is 2.42 bits per heavy atom. The van der Waals surface area contributed by atoms with E-state index < -0.39 is 26.2 Å². The lowest BCUT2D eigenvalue weighted by atomic mass is 10.1. The molecule has 8 nitrogen and oxygen atoms in total. The van der Waals surface area contributed by atoms with Gasteiger partial charge in [0.15, 0.2) is 4.90 Å². The molecular weight excluding hydrogens is 332 g/mol. The second kappa shape index (κ2) is 5.23. The first-order valence-corrected chi connectivity index (χ1v) is 8.79. The van der Waals surface area contributed by atoms with Crippen LogP contribution >= 0.6 is 0 Å². The molecule has 2 N–H and O–H groups in total. The monoisotopic (exact) mass is 350 g/mol. The molecule has 1 aromatic heterocycles. The van der Waals surface area contributed by atoms with E-state index in [1.807, 2.05) is 12.1 Å². The summed E-state index contributed by atoms with van der Waals surface area (Å²) in [4.78, 5) is 23.8. The molecule has 24 heavy (non-hydrogen) atoms. The fourth-order valence-electron chi connectivity index (χ4n) is 3.07. The van der Waals surface area contributed by atoms with Crippen LogP contribution in [0.25, 0.3) is 0 Å². The lowest BCUT2D eigenvalue weighted by Crippen LogP contribution is -2.45. The molecule has 2 heterocycles. The molecule has 0 spiro atoms. The van der Waals surface area contributed by atoms with Crippen molar-refractivity contribution < 1.29 is 8.42 Å². The molecule has 0 fully saturated rings. The summed E-state index contributed by atoms with van der Waals surface area (Å²) >= 11 is 0. The summed E-state index contributed by atoms with van der Waals surface area (Å²) in [5.41, 5.74) is 5.63. The number of nitrogens with zero attached hydrogens (tertiary/aromatic N) is 3. The molecule has 128 valence electrons. The fourth-order valence-corrected chi connectivity index (χ4v) is 5.01. The Bertz CT molecular complexity index is 1050. The minimum Gasteiger partial charge on any atom is -0.384 e. The van der Waals surface area contributed by atoms with Gasteiger partial charge in [0.05, 0.1) is 5.69 Å². The summed E-state index contributed by atoms with van der Waals surface area (Å²) in [5.74, 6) is -0.361. The predicted octanol–water partition coefficient (Wildman–Crippen LogP) is -0.194. The van der Waals surface area contributed by atoms with Gasteiger partial charge >= 0.3 is 5.69 Å². The van der Waals surface area contributed by atoms with Crippen molar-refractivity contribution in [3.05, 3.63) is 50.7 Å². The third kappa shape index (κ3) is 2.08. The number of hydrogen-bond acceptors (Lipinski definition) is 5. The molecule has 3 rings (SSSR count). The summed E-state index contributed by atoms with van der Waals surface area (Å²) in [6.45, 7) is 1.76. The molecule has 1 aromatic carbocycles. The third-order valence-electron chi connectivity index (χ3n) is 4.33. The zero-order valence-corrected chi connectivity index (χ0v) is 14.4. The number of hydrogen-bond donors (Lipinski definition) is 1. The largest absolute Gasteiger partial charge is 0.384 e. The van der Waals surface area contributed by atoms with Gasteiger partial charge in [0.1, 0.15) is 5.82 Å². The highest BCUT2D eigenvalue weighted by Crippen LogP contribution is 2.36. The molecule has 1 aliphatic rings. The van der Waals surface area contributed by atoms with Crippen LogP contribution in [0.2, 0.25) is 0 Å². The van der Waals surface area contributed by atoms with Gasteiger partial charge in [0.2, 0.25) is 0 Å². The normalized spacial score (nSPS) is 17.1. The SMILES string of the molecule is C[C@H]1Cc2ccccc2N1S(=O)(=O)c1c(N)n(C)c(=O)n(C)c1=O. The van der Waals surface area contributed by atoms with Crippen molar-refractivity contribution in [3.63, 3.8) is 0 Å². The van der Waals surface area contributed by atoms with E-state index in [2.05, 4.69) is 0 Å². The standard InChI is InChI=1S/C15H18N4O4S/c1-9-8-10-6-4-5-7-11(10)19(9)24(22,23)12-13(16)17(2)15(21)18(3)14(12)20/h4-7,9H,8,16H2,1-3H3/t9-/m0/s1. The van der Waals surface area contributed by atoms with Crippen LogP contribution in [0.5, 0.6) is 0 Å². The first-order valence-electron chi connectivity index (χ1n) is 7.35. The molecule has 1 aliphatic heterocycles. The van der Waals surface area contributed by atoms with Crippen LogP contribution in [0.1, 0.15) is 12.5 Å². The van der Waals surface area contributed by atoms with E-state index in [1.54, 1.807) is 19.1 Å². The number of rotatable bonds is 2. The molecule has 2 aromatic rings. The van der Waals surface area contributed by atoms with Gasteiger partial charge in [-0.25, -0.2) is 13.2 Å². The second-order valence-electron chi connectivity index (χ2n) is 5.90. The lowest BCUT2D eigenvalue weighted by Gasteiger charge is -2.25. The number of aromatic nitrogens is 2. The number of para-hydroxylation sites is 1. The van der Waals surface area contributed by atoms with E-state index in [4.69, 9.17) is 5.73 Å². The molecule has 0 aliphatic carbocycles. The van der Waals surface area contributed by atoms with E-state index in [-0.39, 0.29) is 11.9 Å². The molecule has 0 amide bonds. The van der Waals surface area contributed by atoms with Gasteiger partial charge in [0.25, 0.3) is 15.6 Å². The van der Waals surface area contributed by atoms with Gasteiger partial charge in [-0.2, -0.15) is 0 Å². The Morgan fingerprint density at radius 1 is 1.12 bits per heavy atom. The first kappa shape index (κ1) is 16.3. The van der Waals surface area contributed by atoms with Crippen LogP contribution in [0, 0.1) is 0 Å². The molecule has 9 heteroatoms. The van der Waals surface area contributed by atoms with Crippen molar-refractivity contribution in [2.45, 2.75) is 24.3 Å². The third-order valence-corrected chi connectivity index (χ3v) is 6.30. The quantitative estimate of drug-likeness (QED) is 0.807. The highest BCUT2D eigenvalue weighted by atomic mass is 32.2. The van der Waals surface area contributed by atoms with Gasteiger partial charge < -0.3 is 5.73 Å². The second-order valence-corrected chi connectivity index (χ2v) is 7.65. The Balaban J connectivity index is 2.32. The van der Waals surface area contributed by atoms with Gasteiger partial charge in [-0.15, -0.1) is 0 Å². The minimum atomic E-state index is -4.21. The summed E-state index contributed by atoms with van der Waals surface area (Å²) in [6, 6.07) is 6.76. The van der Waals surface area contributed by atoms with Gasteiger partial charge in [-0.3, -0.25) is 18.2 Å². The highest BCUT2D eigenvalue weighted by molar-refractivity contribution is 7.93. The van der Waals surface area contributed by atoms with E-state index in [0.717, 1.165) is 14.7 Å². The molecular formula is C15H18N4O4S. The zero-order chi connectivity index (χ0) is 17.8.